The van der Waals surface area contributed by atoms with Gasteiger partial charge in [0.05, 0.1) is 34.6 Å². The summed E-state index contributed by atoms with van der Waals surface area (Å²) in [6.07, 6.45) is 9.64. The van der Waals surface area contributed by atoms with Crippen LogP contribution in [0.25, 0.3) is 22.3 Å². The van der Waals surface area contributed by atoms with E-state index < -0.39 is 63.2 Å². The first-order chi connectivity index (χ1) is 41.7. The highest BCUT2D eigenvalue weighted by Gasteiger charge is 2.51. The molecule has 3 atom stereocenters. The Morgan fingerprint density at radius 2 is 1.63 bits per heavy atom. The average molecular weight is 1230 g/mol. The average Bonchev–Trinajstić information content (AvgIpc) is 1.68. The van der Waals surface area contributed by atoms with Gasteiger partial charge in [0.2, 0.25) is 11.5 Å². The van der Waals surface area contributed by atoms with Crippen molar-refractivity contribution in [1.82, 2.24) is 29.1 Å². The first-order valence-corrected chi connectivity index (χ1v) is 32.3. The number of hydrogen-bond donors (Lipinski definition) is 3. The zero-order valence-corrected chi connectivity index (χ0v) is 51.5. The number of fused-ring (bicyclic) bond motifs is 5. The van der Waals surface area contributed by atoms with Crippen LogP contribution in [0, 0.1) is 17.8 Å². The molecule has 24 heteroatoms. The van der Waals surface area contributed by atoms with Gasteiger partial charge in [-0.2, -0.15) is 0 Å². The molecule has 0 fully saturated rings. The number of cyclic esters (lactones) is 1. The number of primary amides is 1. The van der Waals surface area contributed by atoms with Gasteiger partial charge in [0.25, 0.3) is 5.56 Å². The van der Waals surface area contributed by atoms with E-state index in [-0.39, 0.29) is 87.3 Å². The van der Waals surface area contributed by atoms with Crippen LogP contribution < -0.4 is 21.9 Å². The van der Waals surface area contributed by atoms with Gasteiger partial charge in [0.1, 0.15) is 32.2 Å². The number of nitrogens with one attached hydrogen (secondary N) is 2. The molecule has 0 aliphatic carbocycles. The maximum absolute atomic E-state index is 14.4. The molecule has 0 saturated heterocycles. The SMILES string of the molecule is C=S(C)(=O)N(CCc1c2c(nc3ccccc13)-c1cc3c(c(=O)n1C2)COC(=O)[C@@]3(CC)OC(=O)OCc1ccc(NC(=O)[C@H](CCCNC(N)=O)CC(=O)COCC(=O)CCCOCCCC(=O)CCCC#Cc2cnc(SC)nc2)cc1)C(C)C. The van der Waals surface area contributed by atoms with Crippen LogP contribution >= 0.6 is 11.8 Å². The minimum Gasteiger partial charge on any atom is -0.457 e. The van der Waals surface area contributed by atoms with E-state index in [0.717, 1.165) is 22.1 Å². The Morgan fingerprint density at radius 1 is 0.931 bits per heavy atom. The molecular formula is C63H76N8O14S2. The summed E-state index contributed by atoms with van der Waals surface area (Å²) in [6, 6.07) is 14.9. The number of unbranched alkanes of at least 4 members (excludes halogenated alkanes) is 1. The minimum absolute atomic E-state index is 0.0460. The number of aromatic nitrogens is 4. The minimum atomic E-state index is -2.54. The maximum Gasteiger partial charge on any atom is 0.510 e. The number of pyridine rings is 2. The summed E-state index contributed by atoms with van der Waals surface area (Å²) in [4.78, 5) is 118. The quantitative estimate of drug-likeness (QED) is 0.00904. The molecule has 464 valence electrons. The van der Waals surface area contributed by atoms with Gasteiger partial charge < -0.3 is 44.6 Å². The molecule has 3 amide bonds. The Labute approximate surface area is 510 Å². The molecule has 3 aromatic heterocycles. The van der Waals surface area contributed by atoms with Crippen LogP contribution in [0.1, 0.15) is 125 Å². The van der Waals surface area contributed by atoms with Gasteiger partial charge in [0, 0.05) is 121 Å². The fourth-order valence-electron chi connectivity index (χ4n) is 10.5. The lowest BCUT2D eigenvalue weighted by Crippen LogP contribution is -2.47. The molecule has 0 spiro atoms. The number of anilines is 1. The molecule has 2 aromatic carbocycles. The van der Waals surface area contributed by atoms with Crippen molar-refractivity contribution < 1.29 is 61.5 Å². The number of para-hydroxylation sites is 1. The van der Waals surface area contributed by atoms with E-state index in [2.05, 4.69) is 38.3 Å². The highest BCUT2D eigenvalue weighted by atomic mass is 32.2. The second kappa shape index (κ2) is 31.7. The third-order valence-electron chi connectivity index (χ3n) is 14.9. The Morgan fingerprint density at radius 3 is 2.32 bits per heavy atom. The van der Waals surface area contributed by atoms with Crippen molar-refractivity contribution in [2.45, 2.75) is 134 Å². The number of nitrogens with two attached hydrogens (primary N) is 1. The van der Waals surface area contributed by atoms with Crippen LogP contribution in [0.3, 0.4) is 0 Å². The number of amides is 3. The fraction of sp³-hybridized carbons (Fsp3) is 0.460. The largest absolute Gasteiger partial charge is 0.510 e. The van der Waals surface area contributed by atoms with Gasteiger partial charge in [-0.25, -0.2) is 33.6 Å². The number of ketones is 3. The number of hydrogen-bond acceptors (Lipinski definition) is 18. The number of nitrogens with zero attached hydrogens (tertiary/aromatic N) is 5. The second-order valence-electron chi connectivity index (χ2n) is 21.7. The molecule has 7 rings (SSSR count). The van der Waals surface area contributed by atoms with Crippen molar-refractivity contribution in [3.63, 3.8) is 0 Å². The summed E-state index contributed by atoms with van der Waals surface area (Å²) in [5.74, 6) is 7.29. The van der Waals surface area contributed by atoms with E-state index >= 15 is 0 Å². The first kappa shape index (κ1) is 66.7. The molecule has 5 aromatic rings. The smallest absolute Gasteiger partial charge is 0.457 e. The molecule has 87 heavy (non-hydrogen) atoms. The van der Waals surface area contributed by atoms with E-state index in [0.29, 0.717) is 104 Å². The van der Waals surface area contributed by atoms with Crippen molar-refractivity contribution in [3.8, 4) is 23.2 Å². The summed E-state index contributed by atoms with van der Waals surface area (Å²) in [5, 5.41) is 6.85. The molecule has 5 heterocycles. The van der Waals surface area contributed by atoms with Gasteiger partial charge >= 0.3 is 18.2 Å². The first-order valence-electron chi connectivity index (χ1n) is 29.0. The van der Waals surface area contributed by atoms with Crippen LogP contribution in [0.15, 0.2) is 76.9 Å². The van der Waals surface area contributed by atoms with Gasteiger partial charge in [-0.1, -0.05) is 60.9 Å². The van der Waals surface area contributed by atoms with Gasteiger partial charge in [0.15, 0.2) is 16.7 Å². The lowest BCUT2D eigenvalue weighted by molar-refractivity contribution is -0.175. The number of thioether (sulfide) groups is 1. The summed E-state index contributed by atoms with van der Waals surface area (Å²) in [7, 11) is -2.54. The summed E-state index contributed by atoms with van der Waals surface area (Å²) in [5.41, 5.74) is 8.07. The maximum atomic E-state index is 14.4. The van der Waals surface area contributed by atoms with Crippen molar-refractivity contribution in [1.29, 1.82) is 0 Å². The third-order valence-corrected chi connectivity index (χ3v) is 17.0. The molecule has 0 bridgehead atoms. The number of urea groups is 1. The van der Waals surface area contributed by atoms with Crippen molar-refractivity contribution in [3.05, 3.63) is 111 Å². The van der Waals surface area contributed by atoms with Crippen LogP contribution in [0.4, 0.5) is 15.3 Å². The normalized spacial score (nSPS) is 15.0. The molecule has 2 aliphatic rings. The number of rotatable bonds is 33. The number of carbonyl (C=O) groups excluding carboxylic acids is 7. The Bertz CT molecular complexity index is 3560. The van der Waals surface area contributed by atoms with E-state index in [1.54, 1.807) is 60.5 Å². The molecule has 0 radical (unpaired) electrons. The van der Waals surface area contributed by atoms with Crippen molar-refractivity contribution >= 4 is 85.3 Å². The van der Waals surface area contributed by atoms with Crippen LogP contribution in [-0.2, 0) is 89.1 Å². The van der Waals surface area contributed by atoms with Gasteiger partial charge in [-0.3, -0.25) is 28.2 Å². The molecule has 1 unspecified atom stereocenters. The standard InChI is InChI=1S/C63H76N8O14S2/c1-7-63(53-33-55-56-51(36-70(55)58(76)52(53)40-83-59(63)77)49(50-21-11-12-22-54(50)69-56)27-29-71(41(2)3)87(5,6)80)85-62(79)84-37-42-23-25-45(26-24-42)68-57(75)44(17-13-28-65-60(64)78)32-48(74)39-82-38-47(73)20-15-31-81-30-14-19-46(72)18-10-8-9-16-43-34-66-61(86-4)67-35-43/h11-12,21-26,33-35,41,44H,5,7-8,10,13-15,17-20,27-32,36-40H2,1-4,6H3,(H,68,75)(H3,64,65,78)/t44-,63+,87?/m1/s1. The summed E-state index contributed by atoms with van der Waals surface area (Å²) >= 11 is 1.46. The number of ether oxygens (including phenoxy) is 5. The molecule has 2 aliphatic heterocycles. The van der Waals surface area contributed by atoms with E-state index in [9.17, 15) is 42.6 Å². The second-order valence-corrected chi connectivity index (χ2v) is 24.8. The van der Waals surface area contributed by atoms with Crippen LogP contribution in [0.2, 0.25) is 0 Å². The molecule has 22 nitrogen and oxygen atoms in total. The Balaban J connectivity index is 0.871. The zero-order valence-electron chi connectivity index (χ0n) is 49.9. The van der Waals surface area contributed by atoms with Crippen LogP contribution in [0.5, 0.6) is 0 Å². The van der Waals surface area contributed by atoms with Crippen molar-refractivity contribution in [2.24, 2.45) is 11.7 Å². The summed E-state index contributed by atoms with van der Waals surface area (Å²) in [6.45, 7) is 5.71. The van der Waals surface area contributed by atoms with Gasteiger partial charge in [-0.05, 0) is 106 Å². The Kier molecular flexibility index (Phi) is 24.3. The highest BCUT2D eigenvalue weighted by molar-refractivity contribution is 7.98. The van der Waals surface area contributed by atoms with E-state index in [1.807, 2.05) is 48.7 Å². The Hall–Kier alpha value is -7.82. The topological polar surface area (TPSA) is 297 Å². The predicted octanol–water partition coefficient (Wildman–Crippen LogP) is 7.38. The van der Waals surface area contributed by atoms with E-state index in [1.165, 1.54) is 11.8 Å². The highest BCUT2D eigenvalue weighted by Crippen LogP contribution is 2.42. The fourth-order valence-corrected chi connectivity index (χ4v) is 12.2. The number of benzene rings is 2. The predicted molar refractivity (Wildman–Crippen MR) is 330 cm³/mol. The lowest BCUT2D eigenvalue weighted by Gasteiger charge is -2.35. The summed E-state index contributed by atoms with van der Waals surface area (Å²) < 4.78 is 44.6. The monoisotopic (exact) mass is 1230 g/mol. The lowest BCUT2D eigenvalue weighted by atomic mass is 9.85. The number of Topliss-reactive ketones (excluding diaryl/α,β-unsaturated/α-hetero) is 3. The number of esters is 1. The molecule has 4 N–H and O–H groups in total. The molecule has 0 saturated carbocycles. The van der Waals surface area contributed by atoms with Gasteiger partial charge in [-0.15, -0.1) is 0 Å². The van der Waals surface area contributed by atoms with Crippen LogP contribution in [-0.4, -0.2) is 133 Å². The van der Waals surface area contributed by atoms with E-state index in [4.69, 9.17) is 34.4 Å². The third kappa shape index (κ3) is 18.4. The molecular weight excluding hydrogens is 1160 g/mol. The van der Waals surface area contributed by atoms with Crippen molar-refractivity contribution in [2.75, 3.05) is 57.3 Å². The number of carbonyl (C=O) groups is 7. The zero-order chi connectivity index (χ0) is 62.7.